The fraction of sp³-hybridized carbons (Fsp3) is 0.818. The third-order valence-electron chi connectivity index (χ3n) is 2.70. The maximum absolute atomic E-state index is 4.21. The zero-order valence-electron chi connectivity index (χ0n) is 9.91. The Hall–Kier alpha value is -0.860. The lowest BCUT2D eigenvalue weighted by Gasteiger charge is -2.33. The van der Waals surface area contributed by atoms with E-state index in [-0.39, 0.29) is 5.54 Å². The van der Waals surface area contributed by atoms with E-state index >= 15 is 0 Å². The Labute approximate surface area is 86.9 Å². The van der Waals surface area contributed by atoms with Crippen molar-refractivity contribution in [1.29, 1.82) is 0 Å². The maximum atomic E-state index is 4.21. The van der Waals surface area contributed by atoms with E-state index in [9.17, 15) is 0 Å². The molecule has 0 fully saturated rings. The van der Waals surface area contributed by atoms with Gasteiger partial charge in [-0.25, -0.2) is 0 Å². The number of rotatable bonds is 3. The summed E-state index contributed by atoms with van der Waals surface area (Å²) in [6, 6.07) is 0.347. The van der Waals surface area contributed by atoms with Crippen LogP contribution in [0.5, 0.6) is 0 Å². The molecular formula is C11H21N3. The molecule has 0 N–H and O–H groups in total. The Bertz CT molecular complexity index is 253. The molecule has 0 aliphatic carbocycles. The molecule has 0 amide bonds. The van der Waals surface area contributed by atoms with Crippen molar-refractivity contribution in [1.82, 2.24) is 5.01 Å². The minimum atomic E-state index is 0.0881. The Morgan fingerprint density at radius 3 is 2.64 bits per heavy atom. The molecule has 0 aromatic rings. The second kappa shape index (κ2) is 4.11. The molecule has 1 aliphatic heterocycles. The smallest absolute Gasteiger partial charge is 0.0893 e. The van der Waals surface area contributed by atoms with Gasteiger partial charge in [-0.1, -0.05) is 16.9 Å². The maximum Gasteiger partial charge on any atom is 0.0893 e. The van der Waals surface area contributed by atoms with Crippen molar-refractivity contribution in [2.45, 2.75) is 52.6 Å². The van der Waals surface area contributed by atoms with Crippen LogP contribution in [0.1, 0.15) is 41.0 Å². The SMILES string of the molecule is C/C=C(/C)CC(C)(C)N1CC(C)N=N1. The van der Waals surface area contributed by atoms with Crippen LogP contribution in [0.25, 0.3) is 0 Å². The Morgan fingerprint density at radius 2 is 2.21 bits per heavy atom. The van der Waals surface area contributed by atoms with Crippen LogP contribution in [0.4, 0.5) is 0 Å². The van der Waals surface area contributed by atoms with Gasteiger partial charge in [0.15, 0.2) is 0 Å². The van der Waals surface area contributed by atoms with E-state index in [1.807, 2.05) is 0 Å². The average Bonchev–Trinajstić information content (AvgIpc) is 2.51. The Kier molecular flexibility index (Phi) is 3.29. The van der Waals surface area contributed by atoms with Crippen LogP contribution in [0.3, 0.4) is 0 Å². The van der Waals surface area contributed by atoms with Gasteiger partial charge >= 0.3 is 0 Å². The Balaban J connectivity index is 2.61. The lowest BCUT2D eigenvalue weighted by molar-refractivity contribution is 0.137. The molecule has 0 saturated heterocycles. The summed E-state index contributed by atoms with van der Waals surface area (Å²) in [6.45, 7) is 11.7. The Morgan fingerprint density at radius 1 is 1.57 bits per heavy atom. The van der Waals surface area contributed by atoms with E-state index in [1.165, 1.54) is 5.57 Å². The number of nitrogens with zero attached hydrogens (tertiary/aromatic N) is 3. The highest BCUT2D eigenvalue weighted by Crippen LogP contribution is 2.27. The summed E-state index contributed by atoms with van der Waals surface area (Å²) >= 11 is 0. The highest BCUT2D eigenvalue weighted by atomic mass is 15.6. The first-order valence-corrected chi connectivity index (χ1v) is 5.26. The van der Waals surface area contributed by atoms with Gasteiger partial charge in [0, 0.05) is 0 Å². The van der Waals surface area contributed by atoms with E-state index in [0.717, 1.165) is 13.0 Å². The molecule has 3 nitrogen and oxygen atoms in total. The van der Waals surface area contributed by atoms with Gasteiger partial charge in [0.2, 0.25) is 0 Å². The van der Waals surface area contributed by atoms with Crippen molar-refractivity contribution in [2.75, 3.05) is 6.54 Å². The molecule has 0 radical (unpaired) electrons. The lowest BCUT2D eigenvalue weighted by Crippen LogP contribution is -2.40. The first-order valence-electron chi connectivity index (χ1n) is 5.26. The van der Waals surface area contributed by atoms with Crippen LogP contribution < -0.4 is 0 Å². The van der Waals surface area contributed by atoms with Crippen LogP contribution >= 0.6 is 0 Å². The van der Waals surface area contributed by atoms with Gasteiger partial charge in [-0.05, 0) is 41.0 Å². The lowest BCUT2D eigenvalue weighted by atomic mass is 9.94. The van der Waals surface area contributed by atoms with E-state index in [1.54, 1.807) is 0 Å². The van der Waals surface area contributed by atoms with Gasteiger partial charge in [-0.2, -0.15) is 5.11 Å². The van der Waals surface area contributed by atoms with Gasteiger partial charge in [-0.3, -0.25) is 5.01 Å². The third kappa shape index (κ3) is 2.56. The predicted octanol–water partition coefficient (Wildman–Crippen LogP) is 3.19. The molecule has 1 unspecified atom stereocenters. The second-order valence-electron chi connectivity index (χ2n) is 4.76. The molecule has 0 spiro atoms. The minimum absolute atomic E-state index is 0.0881. The fourth-order valence-electron chi connectivity index (χ4n) is 1.72. The van der Waals surface area contributed by atoms with Gasteiger partial charge in [0.05, 0.1) is 18.1 Å². The summed E-state index contributed by atoms with van der Waals surface area (Å²) in [7, 11) is 0. The van der Waals surface area contributed by atoms with E-state index in [4.69, 9.17) is 0 Å². The molecule has 0 aromatic carbocycles. The van der Waals surface area contributed by atoms with Crippen LogP contribution in [0, 0.1) is 0 Å². The molecule has 14 heavy (non-hydrogen) atoms. The molecule has 1 rings (SSSR count). The zero-order chi connectivity index (χ0) is 10.8. The second-order valence-corrected chi connectivity index (χ2v) is 4.76. The van der Waals surface area contributed by atoms with Crippen LogP contribution in [-0.2, 0) is 0 Å². The highest BCUT2D eigenvalue weighted by molar-refractivity contribution is 5.03. The first-order chi connectivity index (χ1) is 6.45. The zero-order valence-corrected chi connectivity index (χ0v) is 9.91. The number of allylic oxidation sites excluding steroid dienone is 1. The molecule has 0 bridgehead atoms. The molecule has 1 heterocycles. The molecule has 80 valence electrons. The monoisotopic (exact) mass is 195 g/mol. The quantitative estimate of drug-likeness (QED) is 0.635. The van der Waals surface area contributed by atoms with Gasteiger partial charge in [0.1, 0.15) is 0 Å². The standard InChI is InChI=1S/C11H21N3/c1-6-9(2)7-11(4,5)14-8-10(3)12-13-14/h6,10H,7-8H2,1-5H3/b9-6-. The molecule has 1 atom stereocenters. The predicted molar refractivity (Wildman–Crippen MR) is 59.2 cm³/mol. The summed E-state index contributed by atoms with van der Waals surface area (Å²) in [6.07, 6.45) is 3.22. The summed E-state index contributed by atoms with van der Waals surface area (Å²) in [5.41, 5.74) is 1.50. The molecule has 0 aromatic heterocycles. The summed E-state index contributed by atoms with van der Waals surface area (Å²) in [5.74, 6) is 0. The largest absolute Gasteiger partial charge is 0.271 e. The van der Waals surface area contributed by atoms with Crippen molar-refractivity contribution < 1.29 is 0 Å². The van der Waals surface area contributed by atoms with E-state index in [0.29, 0.717) is 6.04 Å². The van der Waals surface area contributed by atoms with Gasteiger partial charge in [0.25, 0.3) is 0 Å². The van der Waals surface area contributed by atoms with E-state index < -0.39 is 0 Å². The van der Waals surface area contributed by atoms with Crippen molar-refractivity contribution in [3.63, 3.8) is 0 Å². The first kappa shape index (κ1) is 11.2. The highest BCUT2D eigenvalue weighted by Gasteiger charge is 2.30. The van der Waals surface area contributed by atoms with Crippen molar-refractivity contribution >= 4 is 0 Å². The van der Waals surface area contributed by atoms with Crippen molar-refractivity contribution in [2.24, 2.45) is 10.3 Å². The van der Waals surface area contributed by atoms with Crippen molar-refractivity contribution in [3.8, 4) is 0 Å². The molecular weight excluding hydrogens is 174 g/mol. The van der Waals surface area contributed by atoms with Gasteiger partial charge in [-0.15, -0.1) is 0 Å². The summed E-state index contributed by atoms with van der Waals surface area (Å²) in [4.78, 5) is 0. The van der Waals surface area contributed by atoms with Crippen LogP contribution in [0.15, 0.2) is 22.0 Å². The number of hydrogen-bond acceptors (Lipinski definition) is 3. The fourth-order valence-corrected chi connectivity index (χ4v) is 1.72. The van der Waals surface area contributed by atoms with Crippen LogP contribution in [0.2, 0.25) is 0 Å². The molecule has 0 saturated carbocycles. The number of hydrogen-bond donors (Lipinski definition) is 0. The average molecular weight is 195 g/mol. The van der Waals surface area contributed by atoms with E-state index in [2.05, 4.69) is 56.0 Å². The molecule has 3 heteroatoms. The third-order valence-corrected chi connectivity index (χ3v) is 2.70. The molecule has 1 aliphatic rings. The topological polar surface area (TPSA) is 28.0 Å². The van der Waals surface area contributed by atoms with Crippen LogP contribution in [-0.4, -0.2) is 23.1 Å². The summed E-state index contributed by atoms with van der Waals surface area (Å²) < 4.78 is 0. The minimum Gasteiger partial charge on any atom is -0.271 e. The van der Waals surface area contributed by atoms with Crippen molar-refractivity contribution in [3.05, 3.63) is 11.6 Å². The normalized spacial score (nSPS) is 23.4. The van der Waals surface area contributed by atoms with Gasteiger partial charge < -0.3 is 0 Å². The summed E-state index contributed by atoms with van der Waals surface area (Å²) in [5, 5.41) is 10.5.